The molecule has 3 aromatic rings. The smallest absolute Gasteiger partial charge is 0.293 e. The topological polar surface area (TPSA) is 89.3 Å². The fraction of sp³-hybridized carbons (Fsp3) is 0.462. The van der Waals surface area contributed by atoms with E-state index < -0.39 is 5.82 Å². The molecule has 8 nitrogen and oxygen atoms in total. The van der Waals surface area contributed by atoms with Gasteiger partial charge in [-0.3, -0.25) is 9.59 Å². The van der Waals surface area contributed by atoms with Gasteiger partial charge in [0.2, 0.25) is 5.95 Å². The number of ketones is 1. The van der Waals surface area contributed by atoms with Crippen molar-refractivity contribution in [2.24, 2.45) is 5.92 Å². The lowest BCUT2D eigenvalue weighted by molar-refractivity contribution is -0.120. The fourth-order valence-electron chi connectivity index (χ4n) is 4.22. The Hall–Kier alpha value is -3.49. The van der Waals surface area contributed by atoms with Crippen LogP contribution < -0.4 is 20.5 Å². The number of aromatic nitrogens is 3. The van der Waals surface area contributed by atoms with Crippen molar-refractivity contribution in [3.8, 4) is 5.75 Å². The van der Waals surface area contributed by atoms with Gasteiger partial charge in [-0.25, -0.2) is 9.37 Å². The van der Waals surface area contributed by atoms with E-state index in [0.717, 1.165) is 36.8 Å². The number of anilines is 3. The minimum Gasteiger partial charge on any atom is -0.480 e. The number of ether oxygens (including phenoxy) is 1. The van der Waals surface area contributed by atoms with Gasteiger partial charge in [-0.2, -0.15) is 4.98 Å². The highest BCUT2D eigenvalue weighted by atomic mass is 19.1. The van der Waals surface area contributed by atoms with Gasteiger partial charge in [0.1, 0.15) is 6.61 Å². The van der Waals surface area contributed by atoms with Crippen molar-refractivity contribution in [1.29, 1.82) is 0 Å². The van der Waals surface area contributed by atoms with Crippen molar-refractivity contribution in [1.82, 2.24) is 14.5 Å². The molecular formula is C26H32FN5O3. The van der Waals surface area contributed by atoms with E-state index in [1.165, 1.54) is 6.20 Å². The lowest BCUT2D eigenvalue weighted by atomic mass is 10.00. The number of benzene rings is 1. The lowest BCUT2D eigenvalue weighted by Crippen LogP contribution is -2.34. The summed E-state index contributed by atoms with van der Waals surface area (Å²) >= 11 is 0. The molecule has 1 saturated heterocycles. The molecule has 1 fully saturated rings. The summed E-state index contributed by atoms with van der Waals surface area (Å²) in [5.41, 5.74) is 1.04. The molecule has 2 aromatic heterocycles. The van der Waals surface area contributed by atoms with E-state index in [2.05, 4.69) is 27.1 Å². The Morgan fingerprint density at radius 2 is 2.00 bits per heavy atom. The molecule has 4 rings (SSSR count). The Labute approximate surface area is 204 Å². The van der Waals surface area contributed by atoms with Crippen LogP contribution in [0, 0.1) is 11.7 Å². The highest BCUT2D eigenvalue weighted by molar-refractivity contribution is 5.85. The fourth-order valence-corrected chi connectivity index (χ4v) is 4.22. The summed E-state index contributed by atoms with van der Waals surface area (Å²) < 4.78 is 21.8. The van der Waals surface area contributed by atoms with Gasteiger partial charge in [-0.15, -0.1) is 0 Å². The zero-order valence-electron chi connectivity index (χ0n) is 20.7. The Kier molecular flexibility index (Phi) is 7.33. The summed E-state index contributed by atoms with van der Waals surface area (Å²) in [5.74, 6) is 0.739. The molecule has 35 heavy (non-hydrogen) atoms. The number of carbonyl (C=O) groups is 1. The Balaban J connectivity index is 1.66. The van der Waals surface area contributed by atoms with Crippen LogP contribution in [0.4, 0.5) is 21.8 Å². The quantitative estimate of drug-likeness (QED) is 0.492. The van der Waals surface area contributed by atoms with Crippen molar-refractivity contribution in [2.75, 3.05) is 29.9 Å². The van der Waals surface area contributed by atoms with Crippen molar-refractivity contribution in [2.45, 2.75) is 53.0 Å². The van der Waals surface area contributed by atoms with E-state index in [4.69, 9.17) is 4.74 Å². The number of nitrogens with zero attached hydrogens (tertiary/aromatic N) is 4. The molecule has 0 saturated carbocycles. The molecule has 1 aromatic carbocycles. The molecule has 0 unspecified atom stereocenters. The molecule has 1 N–H and O–H groups in total. The van der Waals surface area contributed by atoms with E-state index in [-0.39, 0.29) is 35.6 Å². The molecule has 0 amide bonds. The Bertz CT molecular complexity index is 1280. The molecule has 0 aliphatic carbocycles. The van der Waals surface area contributed by atoms with Crippen LogP contribution in [0.2, 0.25) is 0 Å². The maximum atomic E-state index is 14.6. The number of carbonyl (C=O) groups excluding carboxylic acids is 1. The Morgan fingerprint density at radius 3 is 2.69 bits per heavy atom. The highest BCUT2D eigenvalue weighted by Gasteiger charge is 2.20. The second kappa shape index (κ2) is 10.4. The summed E-state index contributed by atoms with van der Waals surface area (Å²) in [6.45, 7) is 9.33. The number of fused-ring (bicyclic) bond motifs is 1. The molecule has 0 radical (unpaired) electrons. The summed E-state index contributed by atoms with van der Waals surface area (Å²) in [6, 6.07) is 6.91. The molecule has 0 atom stereocenters. The normalized spacial score (nSPS) is 14.5. The number of halogens is 1. The van der Waals surface area contributed by atoms with Crippen molar-refractivity contribution in [3.63, 3.8) is 0 Å². The minimum atomic E-state index is -0.548. The van der Waals surface area contributed by atoms with E-state index in [9.17, 15) is 14.0 Å². The summed E-state index contributed by atoms with van der Waals surface area (Å²) in [7, 11) is 0. The predicted octanol–water partition coefficient (Wildman–Crippen LogP) is 4.85. The van der Waals surface area contributed by atoms with E-state index in [1.807, 2.05) is 26.0 Å². The van der Waals surface area contributed by atoms with Crippen LogP contribution >= 0.6 is 0 Å². The van der Waals surface area contributed by atoms with Gasteiger partial charge < -0.3 is 19.5 Å². The summed E-state index contributed by atoms with van der Waals surface area (Å²) in [6.07, 6.45) is 3.64. The van der Waals surface area contributed by atoms with Crippen LogP contribution in [0.3, 0.4) is 0 Å². The number of Topliss-reactive ketones (excluding diaryl/α,β-unsaturated/α-hetero) is 1. The molecule has 0 bridgehead atoms. The second-order valence-corrected chi connectivity index (χ2v) is 9.39. The third kappa shape index (κ3) is 5.44. The lowest BCUT2D eigenvalue weighted by Gasteiger charge is -2.30. The number of hydrogen-bond donors (Lipinski definition) is 1. The summed E-state index contributed by atoms with van der Waals surface area (Å²) in [5, 5.41) is 3.78. The van der Waals surface area contributed by atoms with E-state index in [1.54, 1.807) is 23.6 Å². The van der Waals surface area contributed by atoms with Crippen LogP contribution in [0.15, 0.2) is 35.3 Å². The molecule has 3 heterocycles. The van der Waals surface area contributed by atoms with Crippen LogP contribution in [0.25, 0.3) is 10.9 Å². The first kappa shape index (κ1) is 24.6. The standard InChI is InChI=1S/C26H32FN5O3/c1-5-20(33)15-35-23-13-18-12-19(6-7-22(18)32(16(2)3)25(23)34)29-24-21(27)14-28-26(30-24)31-10-8-17(4)9-11-31/h6-7,12-14,16-17H,5,8-11,15H2,1-4H3,(H,28,29,30). The zero-order valence-corrected chi connectivity index (χ0v) is 20.7. The third-order valence-corrected chi connectivity index (χ3v) is 6.36. The maximum absolute atomic E-state index is 14.6. The first-order chi connectivity index (χ1) is 16.8. The Morgan fingerprint density at radius 1 is 1.26 bits per heavy atom. The number of pyridine rings is 1. The SMILES string of the molecule is CCC(=O)COc1cc2cc(Nc3nc(N4CCC(C)CC4)ncc3F)ccc2n(C(C)C)c1=O. The van der Waals surface area contributed by atoms with Crippen LogP contribution in [0.5, 0.6) is 5.75 Å². The first-order valence-electron chi connectivity index (χ1n) is 12.1. The predicted molar refractivity (Wildman–Crippen MR) is 135 cm³/mol. The number of nitrogens with one attached hydrogen (secondary N) is 1. The first-order valence-corrected chi connectivity index (χ1v) is 12.1. The van der Waals surface area contributed by atoms with Crippen LogP contribution in [0.1, 0.15) is 53.0 Å². The van der Waals surface area contributed by atoms with Crippen molar-refractivity contribution >= 4 is 34.1 Å². The molecule has 186 valence electrons. The molecule has 0 spiro atoms. The van der Waals surface area contributed by atoms with Gasteiger partial charge in [0.05, 0.1) is 11.7 Å². The van der Waals surface area contributed by atoms with Crippen LogP contribution in [-0.2, 0) is 4.79 Å². The highest BCUT2D eigenvalue weighted by Crippen LogP contribution is 2.27. The van der Waals surface area contributed by atoms with Gasteiger partial charge in [-0.1, -0.05) is 13.8 Å². The van der Waals surface area contributed by atoms with Crippen molar-refractivity contribution < 1.29 is 13.9 Å². The number of rotatable bonds is 8. The average molecular weight is 482 g/mol. The molecule has 9 heteroatoms. The molecular weight excluding hydrogens is 449 g/mol. The van der Waals surface area contributed by atoms with Gasteiger partial charge in [0.15, 0.2) is 23.2 Å². The largest absolute Gasteiger partial charge is 0.480 e. The van der Waals surface area contributed by atoms with Gasteiger partial charge >= 0.3 is 0 Å². The second-order valence-electron chi connectivity index (χ2n) is 9.39. The van der Waals surface area contributed by atoms with Gasteiger partial charge in [-0.05, 0) is 56.9 Å². The maximum Gasteiger partial charge on any atom is 0.293 e. The zero-order chi connectivity index (χ0) is 25.1. The average Bonchev–Trinajstić information content (AvgIpc) is 2.84. The third-order valence-electron chi connectivity index (χ3n) is 6.36. The minimum absolute atomic E-state index is 0.0887. The monoisotopic (exact) mass is 481 g/mol. The molecule has 1 aliphatic heterocycles. The van der Waals surface area contributed by atoms with E-state index >= 15 is 0 Å². The van der Waals surface area contributed by atoms with Crippen molar-refractivity contribution in [3.05, 3.63) is 46.6 Å². The molecule has 1 aliphatic rings. The number of hydrogen-bond acceptors (Lipinski definition) is 7. The summed E-state index contributed by atoms with van der Waals surface area (Å²) in [4.78, 5) is 35.4. The number of piperidine rings is 1. The van der Waals surface area contributed by atoms with Gasteiger partial charge in [0, 0.05) is 36.6 Å². The van der Waals surface area contributed by atoms with Gasteiger partial charge in [0.25, 0.3) is 5.56 Å². The van der Waals surface area contributed by atoms with E-state index in [0.29, 0.717) is 24.0 Å². The van der Waals surface area contributed by atoms with Crippen LogP contribution in [-0.4, -0.2) is 40.0 Å².